The SMILES string of the molecule is Cc1cnc(Nc2ccc(OCCCNC(=O)NCc3ccc4c(c3)CN([C@@]35CC3CCC(=O)NC5=O)C4=O)cc2)nc1Nc1cccc(S(=O)(=O)NC(C)(C)C)c1. The molecule has 3 heterocycles. The molecule has 16 nitrogen and oxygen atoms in total. The molecule has 3 aromatic carbocycles. The fraction of sp³-hybridized carbons (Fsp3) is 0.366. The quantitative estimate of drug-likeness (QED) is 0.0755. The van der Waals surface area contributed by atoms with Crippen molar-refractivity contribution >= 4 is 56.9 Å². The van der Waals surface area contributed by atoms with Gasteiger partial charge in [0.05, 0.1) is 11.5 Å². The lowest BCUT2D eigenvalue weighted by Crippen LogP contribution is -2.50. The molecule has 1 unspecified atom stereocenters. The summed E-state index contributed by atoms with van der Waals surface area (Å²) in [6, 6.07) is 18.9. The Balaban J connectivity index is 0.829. The molecule has 17 heteroatoms. The zero-order valence-electron chi connectivity index (χ0n) is 32.8. The Bertz CT molecular complexity index is 2370. The number of hydrogen-bond acceptors (Lipinski definition) is 11. The lowest BCUT2D eigenvalue weighted by molar-refractivity contribution is -0.133. The highest BCUT2D eigenvalue weighted by molar-refractivity contribution is 7.89. The third kappa shape index (κ3) is 9.05. The highest BCUT2D eigenvalue weighted by atomic mass is 32.2. The number of fused-ring (bicyclic) bond motifs is 2. The Hall–Kier alpha value is -6.07. The average molecular weight is 810 g/mol. The second-order valence-electron chi connectivity index (χ2n) is 15.8. The van der Waals surface area contributed by atoms with Gasteiger partial charge in [-0.2, -0.15) is 4.98 Å². The minimum atomic E-state index is -3.71. The lowest BCUT2D eigenvalue weighted by Gasteiger charge is -2.26. The molecule has 0 bridgehead atoms. The van der Waals surface area contributed by atoms with E-state index in [0.717, 1.165) is 22.4 Å². The van der Waals surface area contributed by atoms with Gasteiger partial charge in [-0.1, -0.05) is 18.2 Å². The zero-order chi connectivity index (χ0) is 41.2. The molecule has 6 N–H and O–H groups in total. The first-order valence-electron chi connectivity index (χ1n) is 19.1. The average Bonchev–Trinajstić information content (AvgIpc) is 3.84. The van der Waals surface area contributed by atoms with Crippen molar-refractivity contribution in [2.45, 2.75) is 82.4 Å². The summed E-state index contributed by atoms with van der Waals surface area (Å²) in [6.45, 7) is 8.52. The predicted molar refractivity (Wildman–Crippen MR) is 216 cm³/mol. The monoisotopic (exact) mass is 809 g/mol. The summed E-state index contributed by atoms with van der Waals surface area (Å²) in [5, 5.41) is 14.5. The molecule has 1 saturated carbocycles. The number of imide groups is 1. The molecular formula is C41H47N9O7S. The maximum Gasteiger partial charge on any atom is 0.315 e. The van der Waals surface area contributed by atoms with Gasteiger partial charge in [-0.15, -0.1) is 0 Å². The molecule has 4 aromatic rings. The molecular weight excluding hydrogens is 763 g/mol. The first kappa shape index (κ1) is 40.1. The summed E-state index contributed by atoms with van der Waals surface area (Å²) in [4.78, 5) is 61.3. The van der Waals surface area contributed by atoms with Crippen LogP contribution in [0.15, 0.2) is 77.8 Å². The molecule has 58 heavy (non-hydrogen) atoms. The van der Waals surface area contributed by atoms with Crippen LogP contribution in [0.5, 0.6) is 5.75 Å². The summed E-state index contributed by atoms with van der Waals surface area (Å²) >= 11 is 0. The molecule has 2 atom stereocenters. The van der Waals surface area contributed by atoms with Gasteiger partial charge in [0.2, 0.25) is 21.9 Å². The summed E-state index contributed by atoms with van der Waals surface area (Å²) in [5.74, 6) is 0.609. The van der Waals surface area contributed by atoms with E-state index >= 15 is 0 Å². The van der Waals surface area contributed by atoms with Gasteiger partial charge in [0.1, 0.15) is 17.1 Å². The van der Waals surface area contributed by atoms with Crippen LogP contribution in [0.3, 0.4) is 0 Å². The van der Waals surface area contributed by atoms with Crippen molar-refractivity contribution in [1.29, 1.82) is 0 Å². The van der Waals surface area contributed by atoms with Crippen LogP contribution in [0.2, 0.25) is 0 Å². The molecule has 1 saturated heterocycles. The number of carbonyl (C=O) groups excluding carboxylic acids is 4. The second kappa shape index (κ2) is 16.1. The molecule has 5 amide bonds. The van der Waals surface area contributed by atoms with E-state index in [4.69, 9.17) is 4.74 Å². The minimum absolute atomic E-state index is 0.0130. The Morgan fingerprint density at radius 3 is 2.57 bits per heavy atom. The van der Waals surface area contributed by atoms with Crippen molar-refractivity contribution in [2.75, 3.05) is 23.8 Å². The third-order valence-corrected chi connectivity index (χ3v) is 11.9. The number of benzene rings is 3. The van der Waals surface area contributed by atoms with E-state index in [-0.39, 0.29) is 54.1 Å². The Labute approximate surface area is 337 Å². The second-order valence-corrected chi connectivity index (χ2v) is 17.5. The summed E-state index contributed by atoms with van der Waals surface area (Å²) in [7, 11) is -3.71. The van der Waals surface area contributed by atoms with E-state index in [1.54, 1.807) is 62.2 Å². The molecule has 7 rings (SSSR count). The summed E-state index contributed by atoms with van der Waals surface area (Å²) in [6.07, 6.45) is 3.67. The zero-order valence-corrected chi connectivity index (χ0v) is 33.6. The molecule has 1 aliphatic carbocycles. The van der Waals surface area contributed by atoms with Gasteiger partial charge in [0.25, 0.3) is 11.8 Å². The van der Waals surface area contributed by atoms with E-state index in [0.29, 0.717) is 61.2 Å². The fourth-order valence-electron chi connectivity index (χ4n) is 7.24. The van der Waals surface area contributed by atoms with E-state index < -0.39 is 21.1 Å². The number of amides is 5. The standard InChI is InChI=1S/C41H47N9O7S/c1-25-22-43-38(48-35(25)45-30-7-5-8-32(20-30)58(55,56)49-40(2,3)4)46-29-11-13-31(14-12-29)57-18-6-17-42-39(54)44-23-26-9-15-33-27(19-26)24-50(36(33)52)41-21-28(41)10-16-34(51)47-37(41)53/h5,7-9,11-15,19-20,22,28,49H,6,10,16-18,21,23-24H2,1-4H3,(H2,42,44,54)(H,47,51,53)(H2,43,45,46,48)/t28?,41-/m0/s1. The number of hydrogen-bond donors (Lipinski definition) is 6. The predicted octanol–water partition coefficient (Wildman–Crippen LogP) is 4.77. The van der Waals surface area contributed by atoms with Crippen LogP contribution in [0, 0.1) is 12.8 Å². The van der Waals surface area contributed by atoms with Gasteiger partial charge >= 0.3 is 6.03 Å². The summed E-state index contributed by atoms with van der Waals surface area (Å²) in [5.41, 5.74) is 2.64. The highest BCUT2D eigenvalue weighted by Crippen LogP contribution is 2.54. The Kier molecular flexibility index (Phi) is 11.1. The molecule has 2 fully saturated rings. The molecule has 1 aromatic heterocycles. The molecule has 304 valence electrons. The topological polar surface area (TPSA) is 213 Å². The number of rotatable bonds is 14. The fourth-order valence-corrected chi connectivity index (χ4v) is 8.70. The Morgan fingerprint density at radius 1 is 1.00 bits per heavy atom. The van der Waals surface area contributed by atoms with Crippen molar-refractivity contribution < 1.29 is 32.3 Å². The maximum absolute atomic E-state index is 13.3. The first-order valence-corrected chi connectivity index (χ1v) is 20.6. The maximum atomic E-state index is 13.3. The van der Waals surface area contributed by atoms with Crippen LogP contribution in [-0.2, 0) is 32.7 Å². The molecule has 2 aliphatic heterocycles. The molecule has 0 spiro atoms. The van der Waals surface area contributed by atoms with Crippen molar-refractivity contribution in [3.05, 3.63) is 95.2 Å². The van der Waals surface area contributed by atoms with Crippen molar-refractivity contribution in [1.82, 2.24) is 35.5 Å². The van der Waals surface area contributed by atoms with E-state index in [1.165, 1.54) is 6.07 Å². The van der Waals surface area contributed by atoms with Crippen LogP contribution in [0.25, 0.3) is 0 Å². The van der Waals surface area contributed by atoms with E-state index in [9.17, 15) is 27.6 Å². The van der Waals surface area contributed by atoms with Gasteiger partial charge < -0.3 is 30.9 Å². The first-order chi connectivity index (χ1) is 27.6. The number of nitrogens with one attached hydrogen (secondary N) is 6. The number of aromatic nitrogens is 2. The molecule has 3 aliphatic rings. The number of urea groups is 1. The van der Waals surface area contributed by atoms with Crippen LogP contribution in [0.4, 0.5) is 27.9 Å². The van der Waals surface area contributed by atoms with E-state index in [2.05, 4.69) is 41.3 Å². The molecule has 0 radical (unpaired) electrons. The van der Waals surface area contributed by atoms with Crippen molar-refractivity contribution in [3.63, 3.8) is 0 Å². The number of sulfonamides is 1. The van der Waals surface area contributed by atoms with Gasteiger partial charge in [-0.3, -0.25) is 19.7 Å². The van der Waals surface area contributed by atoms with Crippen LogP contribution in [-0.4, -0.2) is 71.3 Å². The largest absolute Gasteiger partial charge is 0.494 e. The third-order valence-electron chi connectivity index (χ3n) is 10.2. The number of nitrogens with zero attached hydrogens (tertiary/aromatic N) is 3. The van der Waals surface area contributed by atoms with Crippen LogP contribution >= 0.6 is 0 Å². The Morgan fingerprint density at radius 2 is 1.79 bits per heavy atom. The summed E-state index contributed by atoms with van der Waals surface area (Å²) < 4.78 is 34.2. The number of anilines is 4. The number of carbonyl (C=O) groups is 4. The lowest BCUT2D eigenvalue weighted by atomic mass is 10.1. The van der Waals surface area contributed by atoms with E-state index in [1.807, 2.05) is 37.3 Å². The van der Waals surface area contributed by atoms with Crippen molar-refractivity contribution in [2.24, 2.45) is 5.92 Å². The van der Waals surface area contributed by atoms with Crippen LogP contribution < -0.4 is 36.0 Å². The normalized spacial score (nSPS) is 18.7. The van der Waals surface area contributed by atoms with Gasteiger partial charge in [-0.05, 0) is 113 Å². The smallest absolute Gasteiger partial charge is 0.315 e. The van der Waals surface area contributed by atoms with Crippen molar-refractivity contribution in [3.8, 4) is 5.75 Å². The highest BCUT2D eigenvalue weighted by Gasteiger charge is 2.67. The number of aryl methyl sites for hydroxylation is 1. The van der Waals surface area contributed by atoms with Crippen LogP contribution in [0.1, 0.15) is 73.5 Å². The van der Waals surface area contributed by atoms with Gasteiger partial charge in [-0.25, -0.2) is 22.9 Å². The number of ether oxygens (including phenoxy) is 1. The minimum Gasteiger partial charge on any atom is -0.494 e. The van der Waals surface area contributed by atoms with Gasteiger partial charge in [0, 0.05) is 60.3 Å². The van der Waals surface area contributed by atoms with Gasteiger partial charge in [0.15, 0.2) is 0 Å².